The molecule has 5 heteroatoms. The molecule has 1 aromatic rings. The summed E-state index contributed by atoms with van der Waals surface area (Å²) in [5, 5.41) is 3.72. The normalized spacial score (nSPS) is 26.7. The van der Waals surface area contributed by atoms with Gasteiger partial charge in [-0.15, -0.1) is 0 Å². The number of hydrogen-bond donors (Lipinski definition) is 1. The number of nitrogens with zero attached hydrogens (tertiary/aromatic N) is 3. The predicted molar refractivity (Wildman–Crippen MR) is 75.5 cm³/mol. The van der Waals surface area contributed by atoms with Crippen molar-refractivity contribution in [2.24, 2.45) is 0 Å². The van der Waals surface area contributed by atoms with E-state index >= 15 is 0 Å². The van der Waals surface area contributed by atoms with Crippen LogP contribution in [0, 0.1) is 0 Å². The molecule has 0 aromatic carbocycles. The summed E-state index contributed by atoms with van der Waals surface area (Å²) < 4.78 is 7.39. The van der Waals surface area contributed by atoms with Gasteiger partial charge in [0.05, 0.1) is 0 Å². The van der Waals surface area contributed by atoms with Gasteiger partial charge in [-0.2, -0.15) is 0 Å². The number of aryl methyl sites for hydroxylation is 1. The topological polar surface area (TPSA) is 42.3 Å². The highest BCUT2D eigenvalue weighted by atomic mass is 16.5. The van der Waals surface area contributed by atoms with E-state index in [2.05, 4.69) is 26.0 Å². The van der Waals surface area contributed by atoms with E-state index in [-0.39, 0.29) is 0 Å². The number of anilines is 1. The highest BCUT2D eigenvalue weighted by Gasteiger charge is 2.30. The molecule has 2 unspecified atom stereocenters. The zero-order chi connectivity index (χ0) is 13.1. The van der Waals surface area contributed by atoms with Crippen LogP contribution in [-0.4, -0.2) is 48.4 Å². The smallest absolute Gasteiger partial charge is 0.205 e. The number of fused-ring (bicyclic) bond motifs is 2. The maximum Gasteiger partial charge on any atom is 0.205 e. The van der Waals surface area contributed by atoms with E-state index in [9.17, 15) is 0 Å². The molecule has 0 radical (unpaired) electrons. The lowest BCUT2D eigenvalue weighted by Crippen LogP contribution is -2.36. The molecular weight excluding hydrogens is 240 g/mol. The fourth-order valence-electron chi connectivity index (χ4n) is 3.26. The van der Waals surface area contributed by atoms with Gasteiger partial charge in [0.25, 0.3) is 0 Å². The molecule has 2 aliphatic heterocycles. The molecule has 2 fully saturated rings. The Balaban J connectivity index is 1.66. The summed E-state index contributed by atoms with van der Waals surface area (Å²) >= 11 is 0. The molecule has 0 aliphatic carbocycles. The molecule has 0 saturated carbocycles. The van der Waals surface area contributed by atoms with Crippen LogP contribution >= 0.6 is 0 Å². The first-order valence-corrected chi connectivity index (χ1v) is 7.38. The maximum absolute atomic E-state index is 5.13. The van der Waals surface area contributed by atoms with Crippen molar-refractivity contribution >= 4 is 5.95 Å². The monoisotopic (exact) mass is 264 g/mol. The minimum atomic E-state index is 0.650. The van der Waals surface area contributed by atoms with E-state index in [0.29, 0.717) is 6.04 Å². The van der Waals surface area contributed by atoms with Gasteiger partial charge in [-0.1, -0.05) is 0 Å². The Bertz CT molecular complexity index is 406. The van der Waals surface area contributed by atoms with Gasteiger partial charge in [0.15, 0.2) is 0 Å². The lowest BCUT2D eigenvalue weighted by atomic mass is 10.1. The average Bonchev–Trinajstić information content (AvgIpc) is 2.97. The van der Waals surface area contributed by atoms with E-state index < -0.39 is 0 Å². The van der Waals surface area contributed by atoms with Gasteiger partial charge in [0.2, 0.25) is 5.95 Å². The lowest BCUT2D eigenvalue weighted by Gasteiger charge is -2.26. The number of methoxy groups -OCH3 is 1. The van der Waals surface area contributed by atoms with E-state index in [4.69, 9.17) is 4.74 Å². The molecule has 3 heterocycles. The number of aromatic nitrogens is 2. The van der Waals surface area contributed by atoms with Gasteiger partial charge < -0.3 is 19.5 Å². The largest absolute Gasteiger partial charge is 0.385 e. The molecule has 3 rings (SSSR count). The Hall–Kier alpha value is -1.07. The van der Waals surface area contributed by atoms with Crippen molar-refractivity contribution < 1.29 is 4.74 Å². The molecule has 106 valence electrons. The standard InChI is InChI=1S/C14H24N4O/c1-19-10-2-7-17-9-6-15-14(17)18-8-5-12-3-4-13(11-18)16-12/h6,9,12-13,16H,2-5,7-8,10-11H2,1H3. The molecule has 2 bridgehead atoms. The number of nitrogens with one attached hydrogen (secondary N) is 1. The van der Waals surface area contributed by atoms with Crippen molar-refractivity contribution in [3.63, 3.8) is 0 Å². The molecule has 1 N–H and O–H groups in total. The molecule has 0 amide bonds. The van der Waals surface area contributed by atoms with Crippen molar-refractivity contribution in [1.82, 2.24) is 14.9 Å². The van der Waals surface area contributed by atoms with E-state index in [0.717, 1.165) is 44.7 Å². The first-order valence-electron chi connectivity index (χ1n) is 7.38. The van der Waals surface area contributed by atoms with Crippen LogP contribution in [0.3, 0.4) is 0 Å². The Morgan fingerprint density at radius 2 is 2.26 bits per heavy atom. The van der Waals surface area contributed by atoms with Gasteiger partial charge in [-0.25, -0.2) is 4.98 Å². The zero-order valence-corrected chi connectivity index (χ0v) is 11.7. The summed E-state index contributed by atoms with van der Waals surface area (Å²) in [6.07, 6.45) is 8.94. The van der Waals surface area contributed by atoms with Crippen LogP contribution in [0.1, 0.15) is 25.7 Å². The molecule has 2 saturated heterocycles. The summed E-state index contributed by atoms with van der Waals surface area (Å²) in [5.74, 6) is 1.13. The molecule has 2 aliphatic rings. The van der Waals surface area contributed by atoms with Crippen molar-refractivity contribution in [1.29, 1.82) is 0 Å². The molecule has 0 spiro atoms. The van der Waals surface area contributed by atoms with Gasteiger partial charge >= 0.3 is 0 Å². The maximum atomic E-state index is 5.13. The van der Waals surface area contributed by atoms with Crippen LogP contribution in [-0.2, 0) is 11.3 Å². The van der Waals surface area contributed by atoms with Crippen LogP contribution in [0.25, 0.3) is 0 Å². The average molecular weight is 264 g/mol. The second kappa shape index (κ2) is 5.92. The Kier molecular flexibility index (Phi) is 4.03. The highest BCUT2D eigenvalue weighted by molar-refractivity contribution is 5.32. The lowest BCUT2D eigenvalue weighted by molar-refractivity contribution is 0.190. The quantitative estimate of drug-likeness (QED) is 0.813. The van der Waals surface area contributed by atoms with Crippen LogP contribution in [0.5, 0.6) is 0 Å². The predicted octanol–water partition coefficient (Wildman–Crippen LogP) is 1.25. The first kappa shape index (κ1) is 12.9. The SMILES string of the molecule is COCCCn1ccnc1N1CCC2CCC(C1)N2. The van der Waals surface area contributed by atoms with Crippen LogP contribution in [0.15, 0.2) is 12.4 Å². The summed E-state index contributed by atoms with van der Waals surface area (Å²) in [6, 6.07) is 1.38. The fourth-order valence-corrected chi connectivity index (χ4v) is 3.26. The Labute approximate surface area is 114 Å². The minimum Gasteiger partial charge on any atom is -0.385 e. The van der Waals surface area contributed by atoms with Crippen LogP contribution < -0.4 is 10.2 Å². The molecular formula is C14H24N4O. The van der Waals surface area contributed by atoms with Crippen molar-refractivity contribution in [2.75, 3.05) is 31.7 Å². The Morgan fingerprint density at radius 1 is 1.37 bits per heavy atom. The number of ether oxygens (including phenoxy) is 1. The van der Waals surface area contributed by atoms with Gasteiger partial charge in [-0.05, 0) is 25.7 Å². The highest BCUT2D eigenvalue weighted by Crippen LogP contribution is 2.23. The third-order valence-electron chi connectivity index (χ3n) is 4.25. The van der Waals surface area contributed by atoms with Gasteiger partial charge in [0.1, 0.15) is 0 Å². The van der Waals surface area contributed by atoms with E-state index in [1.54, 1.807) is 7.11 Å². The summed E-state index contributed by atoms with van der Waals surface area (Å²) in [7, 11) is 1.76. The second-order valence-electron chi connectivity index (χ2n) is 5.64. The molecule has 19 heavy (non-hydrogen) atoms. The third kappa shape index (κ3) is 2.92. The van der Waals surface area contributed by atoms with Crippen LogP contribution in [0.4, 0.5) is 5.95 Å². The van der Waals surface area contributed by atoms with Gasteiger partial charge in [-0.3, -0.25) is 0 Å². The summed E-state index contributed by atoms with van der Waals surface area (Å²) in [6.45, 7) is 4.01. The number of hydrogen-bond acceptors (Lipinski definition) is 4. The third-order valence-corrected chi connectivity index (χ3v) is 4.25. The van der Waals surface area contributed by atoms with Crippen molar-refractivity contribution in [3.8, 4) is 0 Å². The molecule has 2 atom stereocenters. The van der Waals surface area contributed by atoms with Crippen molar-refractivity contribution in [3.05, 3.63) is 12.4 Å². The zero-order valence-electron chi connectivity index (χ0n) is 11.7. The van der Waals surface area contributed by atoms with Gasteiger partial charge in [0, 0.05) is 57.8 Å². The number of rotatable bonds is 5. The minimum absolute atomic E-state index is 0.650. The molecule has 1 aromatic heterocycles. The van der Waals surface area contributed by atoms with Crippen molar-refractivity contribution in [2.45, 2.75) is 44.3 Å². The number of imidazole rings is 1. The van der Waals surface area contributed by atoms with E-state index in [1.165, 1.54) is 19.3 Å². The Morgan fingerprint density at radius 3 is 3.16 bits per heavy atom. The molecule has 5 nitrogen and oxygen atoms in total. The van der Waals surface area contributed by atoms with Crippen LogP contribution in [0.2, 0.25) is 0 Å². The van der Waals surface area contributed by atoms with E-state index in [1.807, 2.05) is 6.20 Å². The summed E-state index contributed by atoms with van der Waals surface area (Å²) in [5.41, 5.74) is 0. The summed E-state index contributed by atoms with van der Waals surface area (Å²) in [4.78, 5) is 7.01. The first-order chi connectivity index (χ1) is 9.36. The second-order valence-corrected chi connectivity index (χ2v) is 5.64. The fraction of sp³-hybridized carbons (Fsp3) is 0.786.